The summed E-state index contributed by atoms with van der Waals surface area (Å²) >= 11 is 7.65. The first-order chi connectivity index (χ1) is 18.1. The first kappa shape index (κ1) is 28.6. The van der Waals surface area contributed by atoms with E-state index in [4.69, 9.17) is 11.6 Å². The number of alkyl halides is 2. The fraction of sp³-hybridized carbons (Fsp3) is 0.333. The molecule has 1 N–H and O–H groups in total. The summed E-state index contributed by atoms with van der Waals surface area (Å²) in [5, 5.41) is 3.22. The smallest absolute Gasteiger partial charge is 0.252 e. The quantitative estimate of drug-likeness (QED) is 0.387. The molecule has 2 aromatic carbocycles. The van der Waals surface area contributed by atoms with Gasteiger partial charge in [0.15, 0.2) is 0 Å². The number of aromatic nitrogens is 1. The highest BCUT2D eigenvalue weighted by molar-refractivity contribution is 7.14. The second-order valence-corrected chi connectivity index (χ2v) is 10.5. The lowest BCUT2D eigenvalue weighted by molar-refractivity contribution is -0.133. The Hall–Kier alpha value is -3.44. The molecule has 1 saturated heterocycles. The van der Waals surface area contributed by atoms with Crippen molar-refractivity contribution in [1.29, 1.82) is 0 Å². The highest BCUT2D eigenvalue weighted by Gasteiger charge is 2.48. The Morgan fingerprint density at radius 2 is 1.92 bits per heavy atom. The minimum atomic E-state index is -2.88. The third-order valence-corrected chi connectivity index (χ3v) is 7.74. The lowest BCUT2D eigenvalue weighted by Crippen LogP contribution is -2.56. The number of benzene rings is 2. The van der Waals surface area contributed by atoms with Gasteiger partial charge in [-0.2, -0.15) is 0 Å². The zero-order chi connectivity index (χ0) is 27.0. The van der Waals surface area contributed by atoms with Crippen LogP contribution in [0.15, 0.2) is 60.2 Å². The number of nitrogens with one attached hydrogen (secondary N) is 1. The molecule has 0 spiro atoms. The van der Waals surface area contributed by atoms with Gasteiger partial charge in [-0.05, 0) is 30.7 Å². The molecule has 1 unspecified atom stereocenters. The third-order valence-electron chi connectivity index (χ3n) is 6.62. The van der Waals surface area contributed by atoms with E-state index in [0.717, 1.165) is 11.0 Å². The second-order valence-electron chi connectivity index (χ2n) is 9.24. The summed E-state index contributed by atoms with van der Waals surface area (Å²) < 4.78 is 41.5. The molecule has 3 amide bonds. The zero-order valence-electron chi connectivity index (χ0n) is 19.8. The third kappa shape index (κ3) is 5.79. The van der Waals surface area contributed by atoms with Crippen LogP contribution in [0, 0.1) is 5.82 Å². The molecule has 39 heavy (non-hydrogen) atoms. The van der Waals surface area contributed by atoms with Crippen LogP contribution >= 0.6 is 22.9 Å². The van der Waals surface area contributed by atoms with Crippen LogP contribution in [0.2, 0.25) is 5.02 Å². The number of carbonyl (C=O) groups is 3. The number of nitrogens with zero attached hydrogens (tertiary/aromatic N) is 3. The molecule has 1 saturated carbocycles. The van der Waals surface area contributed by atoms with E-state index >= 15 is 0 Å². The average molecular weight is 579 g/mol. The van der Waals surface area contributed by atoms with Gasteiger partial charge >= 0.3 is 0 Å². The fourth-order valence-electron chi connectivity index (χ4n) is 4.85. The van der Waals surface area contributed by atoms with Gasteiger partial charge < -0.3 is 5.32 Å². The molecule has 1 aromatic heterocycles. The molecule has 2 heterocycles. The SMILES string of the molecule is C.O=C(NC1CC(F)(F)C1)C(c1ccccc1Cl)N(C(=O)[C@@H]1CCC(=O)N1c1cncs1)c1cccc(F)c1. The molecule has 2 atom stereocenters. The maximum Gasteiger partial charge on any atom is 0.252 e. The van der Waals surface area contributed by atoms with Crippen LogP contribution in [0.1, 0.15) is 44.7 Å². The molecule has 0 radical (unpaired) electrons. The zero-order valence-corrected chi connectivity index (χ0v) is 21.4. The highest BCUT2D eigenvalue weighted by atomic mass is 35.5. The van der Waals surface area contributed by atoms with Crippen LogP contribution in [0.5, 0.6) is 0 Å². The Morgan fingerprint density at radius 1 is 1.18 bits per heavy atom. The number of carbonyl (C=O) groups excluding carboxylic acids is 3. The molecule has 1 aliphatic carbocycles. The number of halogens is 4. The van der Waals surface area contributed by atoms with Crippen molar-refractivity contribution in [2.24, 2.45) is 0 Å². The fourth-order valence-corrected chi connectivity index (χ4v) is 5.78. The maximum atomic E-state index is 14.4. The first-order valence-corrected chi connectivity index (χ1v) is 13.1. The normalized spacial score (nSPS) is 19.1. The Kier molecular flexibility index (Phi) is 8.31. The standard InChI is InChI=1S/C26H22ClF3N4O3S.CH4/c27-19-7-2-1-6-18(19)23(24(36)32-16-11-26(29,30)12-16)33(17-5-3-4-15(28)10-17)25(37)20-8-9-21(35)34(20)22-13-31-14-38-22;/h1-7,10,13-14,16,20,23H,8-9,11-12H2,(H,32,36);1H4/t20-,23?;/m0./s1. The predicted octanol–water partition coefficient (Wildman–Crippen LogP) is 5.76. The molecule has 12 heteroatoms. The first-order valence-electron chi connectivity index (χ1n) is 11.9. The molecule has 5 rings (SSSR count). The van der Waals surface area contributed by atoms with Gasteiger partial charge in [-0.25, -0.2) is 13.2 Å². The maximum absolute atomic E-state index is 14.4. The van der Waals surface area contributed by atoms with E-state index in [1.165, 1.54) is 52.2 Å². The van der Waals surface area contributed by atoms with E-state index in [0.29, 0.717) is 5.00 Å². The second kappa shape index (κ2) is 11.4. The van der Waals surface area contributed by atoms with Crippen LogP contribution in [-0.4, -0.2) is 40.7 Å². The largest absolute Gasteiger partial charge is 0.351 e. The van der Waals surface area contributed by atoms with Crippen molar-refractivity contribution in [2.45, 2.75) is 57.2 Å². The van der Waals surface area contributed by atoms with Gasteiger partial charge in [0.25, 0.3) is 11.8 Å². The molecule has 3 aromatic rings. The number of amides is 3. The van der Waals surface area contributed by atoms with E-state index in [-0.39, 0.29) is 42.4 Å². The number of hydrogen-bond acceptors (Lipinski definition) is 5. The Labute approximate surface area is 232 Å². The van der Waals surface area contributed by atoms with Crippen molar-refractivity contribution >= 4 is 51.3 Å². The Bertz CT molecular complexity index is 1370. The molecule has 2 fully saturated rings. The lowest BCUT2D eigenvalue weighted by Gasteiger charge is -2.39. The summed E-state index contributed by atoms with van der Waals surface area (Å²) in [6.07, 6.45) is 0.657. The minimum absolute atomic E-state index is 0. The topological polar surface area (TPSA) is 82.6 Å². The minimum Gasteiger partial charge on any atom is -0.351 e. The van der Waals surface area contributed by atoms with Crippen LogP contribution in [0.4, 0.5) is 23.9 Å². The van der Waals surface area contributed by atoms with Gasteiger partial charge in [0, 0.05) is 41.6 Å². The number of rotatable bonds is 7. The summed E-state index contributed by atoms with van der Waals surface area (Å²) in [6, 6.07) is 8.25. The van der Waals surface area contributed by atoms with Crippen LogP contribution < -0.4 is 15.1 Å². The Balaban J connectivity index is 0.00000353. The highest BCUT2D eigenvalue weighted by Crippen LogP contribution is 2.40. The van der Waals surface area contributed by atoms with E-state index in [1.54, 1.807) is 18.2 Å². The van der Waals surface area contributed by atoms with Gasteiger partial charge in [-0.3, -0.25) is 29.2 Å². The van der Waals surface area contributed by atoms with Gasteiger partial charge in [0.2, 0.25) is 11.8 Å². The van der Waals surface area contributed by atoms with Crippen LogP contribution in [0.3, 0.4) is 0 Å². The Morgan fingerprint density at radius 3 is 2.56 bits per heavy atom. The average Bonchev–Trinajstić information content (AvgIpc) is 3.51. The molecular formula is C27H26ClF3N4O3S. The molecule has 2 aliphatic rings. The predicted molar refractivity (Wildman–Crippen MR) is 144 cm³/mol. The van der Waals surface area contributed by atoms with Gasteiger partial charge in [-0.1, -0.05) is 43.3 Å². The van der Waals surface area contributed by atoms with E-state index in [9.17, 15) is 27.6 Å². The molecule has 7 nitrogen and oxygen atoms in total. The summed E-state index contributed by atoms with van der Waals surface area (Å²) in [5.41, 5.74) is 1.81. The molecule has 1 aliphatic heterocycles. The van der Waals surface area contributed by atoms with Crippen molar-refractivity contribution in [3.05, 3.63) is 76.6 Å². The number of anilines is 2. The van der Waals surface area contributed by atoms with E-state index in [2.05, 4.69) is 10.3 Å². The van der Waals surface area contributed by atoms with Crippen molar-refractivity contribution < 1.29 is 27.6 Å². The van der Waals surface area contributed by atoms with E-state index < -0.39 is 54.5 Å². The van der Waals surface area contributed by atoms with Crippen molar-refractivity contribution in [2.75, 3.05) is 9.80 Å². The number of thiazole rings is 1. The molecular weight excluding hydrogens is 553 g/mol. The monoisotopic (exact) mass is 578 g/mol. The van der Waals surface area contributed by atoms with Crippen molar-refractivity contribution in [1.82, 2.24) is 10.3 Å². The van der Waals surface area contributed by atoms with Crippen LogP contribution in [-0.2, 0) is 14.4 Å². The summed E-state index contributed by atoms with van der Waals surface area (Å²) in [7, 11) is 0. The van der Waals surface area contributed by atoms with E-state index in [1.807, 2.05) is 0 Å². The van der Waals surface area contributed by atoms with Crippen molar-refractivity contribution in [3.63, 3.8) is 0 Å². The number of hydrogen-bond donors (Lipinski definition) is 1. The molecule has 206 valence electrons. The van der Waals surface area contributed by atoms with Gasteiger partial charge in [0.05, 0.1) is 11.7 Å². The molecule has 0 bridgehead atoms. The summed E-state index contributed by atoms with van der Waals surface area (Å²) in [6.45, 7) is 0. The lowest BCUT2D eigenvalue weighted by atomic mass is 9.87. The van der Waals surface area contributed by atoms with Crippen LogP contribution in [0.25, 0.3) is 0 Å². The summed E-state index contributed by atoms with van der Waals surface area (Å²) in [5.74, 6) is -5.21. The van der Waals surface area contributed by atoms with Gasteiger partial charge in [0.1, 0.15) is 22.9 Å². The van der Waals surface area contributed by atoms with Crippen molar-refractivity contribution in [3.8, 4) is 0 Å². The van der Waals surface area contributed by atoms with Gasteiger partial charge in [-0.15, -0.1) is 11.3 Å². The summed E-state index contributed by atoms with van der Waals surface area (Å²) in [4.78, 5) is 47.2.